The molecule has 0 aliphatic carbocycles. The van der Waals surface area contributed by atoms with Crippen molar-refractivity contribution >= 4 is 28.6 Å². The number of rotatable bonds is 4. The lowest BCUT2D eigenvalue weighted by atomic mass is 10.2. The minimum atomic E-state index is -0.732. The number of nitrogens with zero attached hydrogens (tertiary/aromatic N) is 1. The number of benzene rings is 1. The molecule has 5 nitrogen and oxygen atoms in total. The number of hydrogen-bond acceptors (Lipinski definition) is 4. The molecule has 0 spiro atoms. The first-order valence-electron chi connectivity index (χ1n) is 5.32. The van der Waals surface area contributed by atoms with Crippen LogP contribution in [0.15, 0.2) is 35.7 Å². The van der Waals surface area contributed by atoms with Gasteiger partial charge in [0.05, 0.1) is 17.4 Å². The molecule has 0 fully saturated rings. The maximum atomic E-state index is 12.9. The largest absolute Gasteiger partial charge is 0.320 e. The Labute approximate surface area is 111 Å². The summed E-state index contributed by atoms with van der Waals surface area (Å²) < 4.78 is 12.9. The van der Waals surface area contributed by atoms with Crippen LogP contribution < -0.4 is 5.32 Å². The van der Waals surface area contributed by atoms with Crippen LogP contribution in [0.4, 0.5) is 15.8 Å². The Kier molecular flexibility index (Phi) is 3.86. The molecule has 98 valence electrons. The first-order valence-corrected chi connectivity index (χ1v) is 6.20. The van der Waals surface area contributed by atoms with E-state index in [4.69, 9.17) is 0 Å². The van der Waals surface area contributed by atoms with Crippen LogP contribution in [0.1, 0.15) is 4.88 Å². The van der Waals surface area contributed by atoms with E-state index >= 15 is 0 Å². The van der Waals surface area contributed by atoms with Crippen molar-refractivity contribution in [1.82, 2.24) is 0 Å². The van der Waals surface area contributed by atoms with E-state index < -0.39 is 16.4 Å². The zero-order chi connectivity index (χ0) is 13.8. The summed E-state index contributed by atoms with van der Waals surface area (Å²) in [6, 6.07) is 6.63. The van der Waals surface area contributed by atoms with E-state index in [0.29, 0.717) is 0 Å². The second-order valence-corrected chi connectivity index (χ2v) is 4.76. The number of carbonyl (C=O) groups excluding carboxylic acids is 1. The van der Waals surface area contributed by atoms with Crippen molar-refractivity contribution in [2.75, 3.05) is 5.32 Å². The fourth-order valence-corrected chi connectivity index (χ4v) is 2.23. The van der Waals surface area contributed by atoms with Gasteiger partial charge in [-0.2, -0.15) is 0 Å². The Morgan fingerprint density at radius 2 is 2.21 bits per heavy atom. The van der Waals surface area contributed by atoms with E-state index in [2.05, 4.69) is 5.32 Å². The first-order chi connectivity index (χ1) is 9.06. The van der Waals surface area contributed by atoms with Crippen LogP contribution in [0.25, 0.3) is 0 Å². The summed E-state index contributed by atoms with van der Waals surface area (Å²) in [6.45, 7) is 0. The van der Waals surface area contributed by atoms with Crippen LogP contribution in [0.2, 0.25) is 0 Å². The number of thiophene rings is 1. The molecule has 2 aromatic rings. The first kappa shape index (κ1) is 13.2. The van der Waals surface area contributed by atoms with Gasteiger partial charge < -0.3 is 5.32 Å². The zero-order valence-corrected chi connectivity index (χ0v) is 10.4. The maximum Gasteiger partial charge on any atom is 0.295 e. The van der Waals surface area contributed by atoms with Crippen molar-refractivity contribution in [3.05, 3.63) is 56.5 Å². The van der Waals surface area contributed by atoms with Gasteiger partial charge in [-0.3, -0.25) is 14.9 Å². The van der Waals surface area contributed by atoms with Crippen molar-refractivity contribution in [2.45, 2.75) is 6.42 Å². The highest BCUT2D eigenvalue weighted by atomic mass is 32.1. The lowest BCUT2D eigenvalue weighted by molar-refractivity contribution is -0.384. The van der Waals surface area contributed by atoms with Crippen LogP contribution in [-0.2, 0) is 11.2 Å². The number of amides is 1. The Morgan fingerprint density at radius 1 is 1.42 bits per heavy atom. The van der Waals surface area contributed by atoms with Crippen molar-refractivity contribution < 1.29 is 14.1 Å². The summed E-state index contributed by atoms with van der Waals surface area (Å²) in [5.41, 5.74) is -0.465. The number of halogens is 1. The Bertz CT molecular complexity index is 613. The third kappa shape index (κ3) is 3.35. The van der Waals surface area contributed by atoms with Gasteiger partial charge in [0, 0.05) is 4.88 Å². The van der Waals surface area contributed by atoms with Crippen LogP contribution in [0.5, 0.6) is 0 Å². The minimum absolute atomic E-state index is 0.00652. The molecule has 1 aromatic heterocycles. The van der Waals surface area contributed by atoms with E-state index in [1.807, 2.05) is 11.4 Å². The van der Waals surface area contributed by atoms with Gasteiger partial charge in [-0.25, -0.2) is 4.39 Å². The molecule has 1 aromatic carbocycles. The normalized spacial score (nSPS) is 10.2. The van der Waals surface area contributed by atoms with Gasteiger partial charge in [0.1, 0.15) is 11.5 Å². The fourth-order valence-electron chi connectivity index (χ4n) is 1.53. The van der Waals surface area contributed by atoms with E-state index in [1.54, 1.807) is 6.07 Å². The van der Waals surface area contributed by atoms with Crippen molar-refractivity contribution in [1.29, 1.82) is 0 Å². The lowest BCUT2D eigenvalue weighted by Gasteiger charge is -2.05. The fraction of sp³-hybridized carbons (Fsp3) is 0.0833. The SMILES string of the molecule is O=C(Cc1cccs1)Nc1ccc(F)cc1[N+](=O)[O-]. The van der Waals surface area contributed by atoms with Gasteiger partial charge >= 0.3 is 0 Å². The van der Waals surface area contributed by atoms with Gasteiger partial charge in [-0.05, 0) is 23.6 Å². The summed E-state index contributed by atoms with van der Waals surface area (Å²) in [4.78, 5) is 22.6. The van der Waals surface area contributed by atoms with Gasteiger partial charge in [-0.15, -0.1) is 11.3 Å². The predicted molar refractivity (Wildman–Crippen MR) is 69.7 cm³/mol. The Balaban J connectivity index is 2.14. The van der Waals surface area contributed by atoms with Gasteiger partial charge in [-0.1, -0.05) is 6.07 Å². The summed E-state index contributed by atoms with van der Waals surface area (Å²) in [7, 11) is 0. The highest BCUT2D eigenvalue weighted by Gasteiger charge is 2.17. The molecule has 0 aliphatic heterocycles. The standard InChI is InChI=1S/C12H9FN2O3S/c13-8-3-4-10(11(6-8)15(17)18)14-12(16)7-9-2-1-5-19-9/h1-6H,7H2,(H,14,16). The molecular formula is C12H9FN2O3S. The molecular weight excluding hydrogens is 271 g/mol. The average Bonchev–Trinajstić information content (AvgIpc) is 2.83. The molecule has 0 bridgehead atoms. The van der Waals surface area contributed by atoms with E-state index in [9.17, 15) is 19.3 Å². The molecule has 0 saturated carbocycles. The number of carbonyl (C=O) groups is 1. The molecule has 1 amide bonds. The number of nitro groups is 1. The molecule has 7 heteroatoms. The molecule has 1 N–H and O–H groups in total. The molecule has 0 atom stereocenters. The number of nitro benzene ring substituents is 1. The second kappa shape index (κ2) is 5.57. The highest BCUT2D eigenvalue weighted by molar-refractivity contribution is 7.10. The van der Waals surface area contributed by atoms with Crippen LogP contribution in [-0.4, -0.2) is 10.8 Å². The smallest absolute Gasteiger partial charge is 0.295 e. The van der Waals surface area contributed by atoms with E-state index in [1.165, 1.54) is 17.4 Å². The highest BCUT2D eigenvalue weighted by Crippen LogP contribution is 2.25. The predicted octanol–water partition coefficient (Wildman–Crippen LogP) is 2.98. The van der Waals surface area contributed by atoms with Crippen LogP contribution in [0.3, 0.4) is 0 Å². The van der Waals surface area contributed by atoms with Gasteiger partial charge in [0.2, 0.25) is 5.91 Å². The number of nitrogens with one attached hydrogen (secondary N) is 1. The summed E-state index contributed by atoms with van der Waals surface area (Å²) in [5, 5.41) is 15.0. The third-order valence-corrected chi connectivity index (χ3v) is 3.22. The Hall–Kier alpha value is -2.28. The maximum absolute atomic E-state index is 12.9. The van der Waals surface area contributed by atoms with Gasteiger partial charge in [0.25, 0.3) is 5.69 Å². The summed E-state index contributed by atoms with van der Waals surface area (Å²) in [6.07, 6.45) is 0.131. The lowest BCUT2D eigenvalue weighted by Crippen LogP contribution is -2.14. The summed E-state index contributed by atoms with van der Waals surface area (Å²) >= 11 is 1.42. The molecule has 0 saturated heterocycles. The van der Waals surface area contributed by atoms with Crippen LogP contribution >= 0.6 is 11.3 Å². The van der Waals surface area contributed by atoms with Crippen molar-refractivity contribution in [3.63, 3.8) is 0 Å². The van der Waals surface area contributed by atoms with Crippen molar-refractivity contribution in [2.24, 2.45) is 0 Å². The number of anilines is 1. The van der Waals surface area contributed by atoms with Gasteiger partial charge in [0.15, 0.2) is 0 Å². The summed E-state index contributed by atoms with van der Waals surface area (Å²) in [5.74, 6) is -1.10. The topological polar surface area (TPSA) is 72.2 Å². The molecule has 0 aliphatic rings. The van der Waals surface area contributed by atoms with E-state index in [-0.39, 0.29) is 18.0 Å². The zero-order valence-electron chi connectivity index (χ0n) is 9.63. The monoisotopic (exact) mass is 280 g/mol. The van der Waals surface area contributed by atoms with Crippen LogP contribution in [0, 0.1) is 15.9 Å². The quantitative estimate of drug-likeness (QED) is 0.691. The average molecular weight is 280 g/mol. The minimum Gasteiger partial charge on any atom is -0.320 e. The molecule has 0 unspecified atom stereocenters. The second-order valence-electron chi connectivity index (χ2n) is 3.72. The molecule has 1 heterocycles. The molecule has 19 heavy (non-hydrogen) atoms. The van der Waals surface area contributed by atoms with Crippen molar-refractivity contribution in [3.8, 4) is 0 Å². The van der Waals surface area contributed by atoms with E-state index in [0.717, 1.165) is 17.0 Å². The Morgan fingerprint density at radius 3 is 2.84 bits per heavy atom. The molecule has 2 rings (SSSR count). The third-order valence-electron chi connectivity index (χ3n) is 2.35. The number of hydrogen-bond donors (Lipinski definition) is 1. The molecule has 0 radical (unpaired) electrons.